The van der Waals surface area contributed by atoms with Gasteiger partial charge in [0.1, 0.15) is 0 Å². The van der Waals surface area contributed by atoms with Gasteiger partial charge in [-0.3, -0.25) is 14.6 Å². The summed E-state index contributed by atoms with van der Waals surface area (Å²) in [5, 5.41) is 1.55. The number of ether oxygens (including phenoxy) is 1. The zero-order valence-electron chi connectivity index (χ0n) is 15.1. The lowest BCUT2D eigenvalue weighted by Gasteiger charge is -2.29. The average molecular weight is 436 g/mol. The number of nitrogens with zero attached hydrogens (tertiary/aromatic N) is 3. The molecule has 146 valence electrons. The number of hydrogen-bond donors (Lipinski definition) is 0. The summed E-state index contributed by atoms with van der Waals surface area (Å²) in [5.74, 6) is -0.156. The number of halogens is 2. The van der Waals surface area contributed by atoms with Gasteiger partial charge in [0, 0.05) is 41.8 Å². The molecule has 8 heteroatoms. The Morgan fingerprint density at radius 2 is 1.86 bits per heavy atom. The van der Waals surface area contributed by atoms with Gasteiger partial charge in [0.25, 0.3) is 5.91 Å². The number of rotatable bonds is 5. The first-order valence-electron chi connectivity index (χ1n) is 9.04. The molecule has 4 rings (SSSR count). The third-order valence-electron chi connectivity index (χ3n) is 4.61. The van der Waals surface area contributed by atoms with E-state index in [1.807, 2.05) is 24.3 Å². The predicted molar refractivity (Wildman–Crippen MR) is 115 cm³/mol. The van der Waals surface area contributed by atoms with E-state index in [9.17, 15) is 4.79 Å². The normalized spacial score (nSPS) is 15.1. The SMILES string of the molecule is O=C(c1cc(Cl)cc(Cl)c1)N(CCN1CCOCC1)c1nc2ccccc2s1. The monoisotopic (exact) mass is 435 g/mol. The Hall–Kier alpha value is -1.70. The number of amides is 1. The van der Waals surface area contributed by atoms with Crippen molar-refractivity contribution >= 4 is 55.8 Å². The van der Waals surface area contributed by atoms with Gasteiger partial charge in [0.2, 0.25) is 0 Å². The average Bonchev–Trinajstić information content (AvgIpc) is 3.12. The van der Waals surface area contributed by atoms with Crippen molar-refractivity contribution in [3.63, 3.8) is 0 Å². The second-order valence-electron chi connectivity index (χ2n) is 6.53. The number of carbonyl (C=O) groups is 1. The summed E-state index contributed by atoms with van der Waals surface area (Å²) in [4.78, 5) is 22.0. The molecule has 1 fully saturated rings. The molecule has 1 aliphatic rings. The topological polar surface area (TPSA) is 45.7 Å². The lowest BCUT2D eigenvalue weighted by molar-refractivity contribution is 0.0391. The van der Waals surface area contributed by atoms with Gasteiger partial charge in [0.15, 0.2) is 5.13 Å². The number of hydrogen-bond acceptors (Lipinski definition) is 5. The number of para-hydroxylation sites is 1. The molecule has 0 aliphatic carbocycles. The van der Waals surface area contributed by atoms with Crippen LogP contribution in [0.3, 0.4) is 0 Å². The van der Waals surface area contributed by atoms with Gasteiger partial charge in [-0.05, 0) is 30.3 Å². The van der Waals surface area contributed by atoms with Gasteiger partial charge in [-0.15, -0.1) is 0 Å². The van der Waals surface area contributed by atoms with Gasteiger partial charge >= 0.3 is 0 Å². The minimum absolute atomic E-state index is 0.156. The highest BCUT2D eigenvalue weighted by Gasteiger charge is 2.23. The Labute approximate surface area is 177 Å². The Balaban J connectivity index is 1.64. The molecule has 1 aromatic heterocycles. The summed E-state index contributed by atoms with van der Waals surface area (Å²) in [6.45, 7) is 4.45. The molecule has 2 aromatic carbocycles. The standard InChI is InChI=1S/C20H19Cl2N3O2S/c21-15-11-14(12-16(22)13-15)19(26)25(6-5-24-7-9-27-10-8-24)20-23-17-3-1-2-4-18(17)28-20/h1-4,11-13H,5-10H2. The van der Waals surface area contributed by atoms with Crippen LogP contribution in [0.25, 0.3) is 10.2 Å². The van der Waals surface area contributed by atoms with Crippen molar-refractivity contribution < 1.29 is 9.53 Å². The molecule has 0 atom stereocenters. The second kappa shape index (κ2) is 8.76. The smallest absolute Gasteiger partial charge is 0.260 e. The largest absolute Gasteiger partial charge is 0.379 e. The first-order valence-corrected chi connectivity index (χ1v) is 10.6. The van der Waals surface area contributed by atoms with E-state index in [0.717, 1.165) is 43.1 Å². The number of aromatic nitrogens is 1. The van der Waals surface area contributed by atoms with Gasteiger partial charge < -0.3 is 4.74 Å². The van der Waals surface area contributed by atoms with Crippen LogP contribution in [0.1, 0.15) is 10.4 Å². The molecule has 1 amide bonds. The molecule has 28 heavy (non-hydrogen) atoms. The number of carbonyl (C=O) groups excluding carboxylic acids is 1. The molecule has 1 aliphatic heterocycles. The molecule has 0 bridgehead atoms. The fourth-order valence-corrected chi connectivity index (χ4v) is 4.67. The maximum absolute atomic E-state index is 13.3. The summed E-state index contributed by atoms with van der Waals surface area (Å²) in [6.07, 6.45) is 0. The number of benzene rings is 2. The van der Waals surface area contributed by atoms with Crippen LogP contribution in [-0.2, 0) is 4.74 Å². The molecular formula is C20H19Cl2N3O2S. The van der Waals surface area contributed by atoms with Gasteiger partial charge in [0.05, 0.1) is 23.4 Å². The maximum atomic E-state index is 13.3. The highest BCUT2D eigenvalue weighted by molar-refractivity contribution is 7.22. The third-order valence-corrected chi connectivity index (χ3v) is 6.11. The first kappa shape index (κ1) is 19.6. The van der Waals surface area contributed by atoms with E-state index in [4.69, 9.17) is 27.9 Å². The van der Waals surface area contributed by atoms with E-state index in [1.165, 1.54) is 11.3 Å². The highest BCUT2D eigenvalue weighted by atomic mass is 35.5. The van der Waals surface area contributed by atoms with Crippen LogP contribution in [0.5, 0.6) is 0 Å². The van der Waals surface area contributed by atoms with E-state index in [1.54, 1.807) is 23.1 Å². The molecule has 0 unspecified atom stereocenters. The summed E-state index contributed by atoms with van der Waals surface area (Å²) in [7, 11) is 0. The number of anilines is 1. The summed E-state index contributed by atoms with van der Waals surface area (Å²) in [5.41, 5.74) is 1.34. The minimum atomic E-state index is -0.156. The van der Waals surface area contributed by atoms with Crippen LogP contribution < -0.4 is 4.90 Å². The molecule has 0 saturated carbocycles. The van der Waals surface area contributed by atoms with Crippen LogP contribution in [0, 0.1) is 0 Å². The van der Waals surface area contributed by atoms with Crippen LogP contribution in [0.4, 0.5) is 5.13 Å². The number of morpholine rings is 1. The highest BCUT2D eigenvalue weighted by Crippen LogP contribution is 2.30. The van der Waals surface area contributed by atoms with Crippen molar-refractivity contribution in [2.75, 3.05) is 44.3 Å². The van der Waals surface area contributed by atoms with E-state index in [-0.39, 0.29) is 5.91 Å². The van der Waals surface area contributed by atoms with E-state index in [0.29, 0.717) is 27.3 Å². The van der Waals surface area contributed by atoms with E-state index < -0.39 is 0 Å². The summed E-state index contributed by atoms with van der Waals surface area (Å²) >= 11 is 13.7. The van der Waals surface area contributed by atoms with Crippen molar-refractivity contribution in [2.24, 2.45) is 0 Å². The first-order chi connectivity index (χ1) is 13.6. The molecular weight excluding hydrogens is 417 g/mol. The Kier molecular flexibility index (Phi) is 6.13. The minimum Gasteiger partial charge on any atom is -0.379 e. The Morgan fingerprint density at radius 3 is 2.57 bits per heavy atom. The molecule has 2 heterocycles. The predicted octanol–water partition coefficient (Wildman–Crippen LogP) is 4.58. The third kappa shape index (κ3) is 4.47. The van der Waals surface area contributed by atoms with Crippen molar-refractivity contribution in [1.29, 1.82) is 0 Å². The number of fused-ring (bicyclic) bond motifs is 1. The van der Waals surface area contributed by atoms with Crippen LogP contribution in [0.15, 0.2) is 42.5 Å². The van der Waals surface area contributed by atoms with Gasteiger partial charge in [-0.25, -0.2) is 4.98 Å². The Morgan fingerprint density at radius 1 is 1.14 bits per heavy atom. The lowest BCUT2D eigenvalue weighted by Crippen LogP contribution is -2.43. The van der Waals surface area contributed by atoms with Crippen molar-refractivity contribution in [3.8, 4) is 0 Å². The molecule has 0 N–H and O–H groups in total. The summed E-state index contributed by atoms with van der Waals surface area (Å²) < 4.78 is 6.46. The number of thiazole rings is 1. The fraction of sp³-hybridized carbons (Fsp3) is 0.300. The molecule has 1 saturated heterocycles. The molecule has 3 aromatic rings. The zero-order valence-corrected chi connectivity index (χ0v) is 17.4. The summed E-state index contributed by atoms with van der Waals surface area (Å²) in [6, 6.07) is 12.8. The molecule has 0 radical (unpaired) electrons. The maximum Gasteiger partial charge on any atom is 0.260 e. The van der Waals surface area contributed by atoms with Crippen LogP contribution in [-0.4, -0.2) is 55.2 Å². The second-order valence-corrected chi connectivity index (χ2v) is 8.42. The van der Waals surface area contributed by atoms with Crippen LogP contribution >= 0.6 is 34.5 Å². The zero-order chi connectivity index (χ0) is 19.5. The van der Waals surface area contributed by atoms with Crippen molar-refractivity contribution in [2.45, 2.75) is 0 Å². The lowest BCUT2D eigenvalue weighted by atomic mass is 10.2. The quantitative estimate of drug-likeness (QED) is 0.588. The van der Waals surface area contributed by atoms with Crippen molar-refractivity contribution in [1.82, 2.24) is 9.88 Å². The van der Waals surface area contributed by atoms with Crippen molar-refractivity contribution in [3.05, 3.63) is 58.1 Å². The van der Waals surface area contributed by atoms with E-state index >= 15 is 0 Å². The van der Waals surface area contributed by atoms with E-state index in [2.05, 4.69) is 9.88 Å². The fourth-order valence-electron chi connectivity index (χ4n) is 3.16. The van der Waals surface area contributed by atoms with Gasteiger partial charge in [-0.2, -0.15) is 0 Å². The molecule has 0 spiro atoms. The Bertz CT molecular complexity index is 935. The van der Waals surface area contributed by atoms with Gasteiger partial charge in [-0.1, -0.05) is 46.7 Å². The van der Waals surface area contributed by atoms with Crippen LogP contribution in [0.2, 0.25) is 10.0 Å². The molecule has 5 nitrogen and oxygen atoms in total.